The highest BCUT2D eigenvalue weighted by molar-refractivity contribution is 9.08. The maximum atomic E-state index is 12.4. The number of carbonyl (C=O) groups is 1. The first-order valence-corrected chi connectivity index (χ1v) is 7.81. The van der Waals surface area contributed by atoms with Crippen LogP contribution in [0.3, 0.4) is 0 Å². The second-order valence-electron chi connectivity index (χ2n) is 5.91. The molecule has 4 nitrogen and oxygen atoms in total. The molecule has 0 saturated heterocycles. The van der Waals surface area contributed by atoms with E-state index in [-0.39, 0.29) is 18.3 Å². The fourth-order valence-corrected chi connectivity index (χ4v) is 2.35. The minimum absolute atomic E-state index is 0.0731. The molecule has 0 N–H and O–H groups in total. The Morgan fingerprint density at radius 1 is 1.29 bits per heavy atom. The van der Waals surface area contributed by atoms with Crippen LogP contribution in [0.4, 0.5) is 0 Å². The standard InChI is InChI=1S/C16H18BrNO3/c1-16(2,3)15(20)21-10-18-13-7-5-4-6-11(13)8-12(9-17)14(18)19/h4-8H,9-10H2,1-3H3. The molecule has 1 aromatic heterocycles. The van der Waals surface area contributed by atoms with Crippen LogP contribution in [-0.4, -0.2) is 10.5 Å². The van der Waals surface area contributed by atoms with E-state index in [1.807, 2.05) is 30.3 Å². The van der Waals surface area contributed by atoms with E-state index in [0.29, 0.717) is 10.9 Å². The van der Waals surface area contributed by atoms with Crippen molar-refractivity contribution >= 4 is 32.8 Å². The van der Waals surface area contributed by atoms with Gasteiger partial charge in [0.05, 0.1) is 10.9 Å². The molecule has 5 heteroatoms. The molecule has 0 bridgehead atoms. The molecule has 0 spiro atoms. The Bertz CT molecular complexity index is 728. The third-order valence-corrected chi connectivity index (χ3v) is 3.76. The number of alkyl halides is 1. The normalized spacial score (nSPS) is 11.6. The lowest BCUT2D eigenvalue weighted by Crippen LogP contribution is -2.29. The molecule has 1 heterocycles. The number of carbonyl (C=O) groups excluding carboxylic acids is 1. The number of hydrogen-bond donors (Lipinski definition) is 0. The molecule has 0 fully saturated rings. The average Bonchev–Trinajstić information content (AvgIpc) is 2.44. The van der Waals surface area contributed by atoms with E-state index in [9.17, 15) is 9.59 Å². The van der Waals surface area contributed by atoms with Gasteiger partial charge >= 0.3 is 5.97 Å². The van der Waals surface area contributed by atoms with Crippen LogP contribution in [0, 0.1) is 5.41 Å². The van der Waals surface area contributed by atoms with E-state index in [0.717, 1.165) is 10.9 Å². The molecule has 2 rings (SSSR count). The van der Waals surface area contributed by atoms with Gasteiger partial charge in [0.15, 0.2) is 6.73 Å². The molecule has 0 radical (unpaired) electrons. The molecule has 0 unspecified atom stereocenters. The first-order chi connectivity index (χ1) is 9.84. The number of para-hydroxylation sites is 1. The molecule has 21 heavy (non-hydrogen) atoms. The van der Waals surface area contributed by atoms with Gasteiger partial charge in [-0.05, 0) is 38.3 Å². The Morgan fingerprint density at radius 2 is 1.95 bits per heavy atom. The summed E-state index contributed by atoms with van der Waals surface area (Å²) in [6.07, 6.45) is 0. The highest BCUT2D eigenvalue weighted by Gasteiger charge is 2.23. The Hall–Kier alpha value is -1.62. The summed E-state index contributed by atoms with van der Waals surface area (Å²) in [6.45, 7) is 5.28. The van der Waals surface area contributed by atoms with Crippen molar-refractivity contribution in [1.29, 1.82) is 0 Å². The second kappa shape index (κ2) is 6.02. The van der Waals surface area contributed by atoms with Gasteiger partial charge in [0.2, 0.25) is 0 Å². The molecular formula is C16H18BrNO3. The summed E-state index contributed by atoms with van der Waals surface area (Å²) in [7, 11) is 0. The van der Waals surface area contributed by atoms with Crippen LogP contribution in [0.25, 0.3) is 10.9 Å². The van der Waals surface area contributed by atoms with Gasteiger partial charge in [-0.15, -0.1) is 0 Å². The maximum absolute atomic E-state index is 12.4. The van der Waals surface area contributed by atoms with Crippen molar-refractivity contribution in [3.63, 3.8) is 0 Å². The van der Waals surface area contributed by atoms with Crippen molar-refractivity contribution < 1.29 is 9.53 Å². The zero-order valence-electron chi connectivity index (χ0n) is 12.4. The molecule has 0 aliphatic rings. The Balaban J connectivity index is 2.45. The summed E-state index contributed by atoms with van der Waals surface area (Å²) in [5, 5.41) is 1.41. The fraction of sp³-hybridized carbons (Fsp3) is 0.375. The van der Waals surface area contributed by atoms with Gasteiger partial charge in [-0.25, -0.2) is 0 Å². The van der Waals surface area contributed by atoms with Crippen LogP contribution < -0.4 is 5.56 Å². The van der Waals surface area contributed by atoms with E-state index in [2.05, 4.69) is 15.9 Å². The van der Waals surface area contributed by atoms with E-state index < -0.39 is 5.41 Å². The third kappa shape index (κ3) is 3.35. The zero-order chi connectivity index (χ0) is 15.6. The fourth-order valence-electron chi connectivity index (χ4n) is 1.95. The minimum atomic E-state index is -0.591. The van der Waals surface area contributed by atoms with Crippen LogP contribution in [0.5, 0.6) is 0 Å². The number of ether oxygens (including phenoxy) is 1. The summed E-state index contributed by atoms with van der Waals surface area (Å²) >= 11 is 3.32. The van der Waals surface area contributed by atoms with Gasteiger partial charge in [-0.3, -0.25) is 14.2 Å². The third-order valence-electron chi connectivity index (χ3n) is 3.16. The van der Waals surface area contributed by atoms with Crippen molar-refractivity contribution in [3.05, 3.63) is 46.2 Å². The Kier molecular flexibility index (Phi) is 4.52. The first kappa shape index (κ1) is 15.8. The van der Waals surface area contributed by atoms with Gasteiger partial charge in [0, 0.05) is 10.9 Å². The van der Waals surface area contributed by atoms with Gasteiger partial charge in [-0.2, -0.15) is 0 Å². The van der Waals surface area contributed by atoms with Crippen molar-refractivity contribution in [3.8, 4) is 0 Å². The summed E-state index contributed by atoms with van der Waals surface area (Å²) in [4.78, 5) is 24.3. The van der Waals surface area contributed by atoms with Gasteiger partial charge < -0.3 is 4.74 Å². The van der Waals surface area contributed by atoms with Crippen LogP contribution >= 0.6 is 15.9 Å². The second-order valence-corrected chi connectivity index (χ2v) is 6.47. The van der Waals surface area contributed by atoms with Gasteiger partial charge in [0.25, 0.3) is 5.56 Å². The van der Waals surface area contributed by atoms with Crippen LogP contribution in [0.2, 0.25) is 0 Å². The molecule has 0 aliphatic carbocycles. The molecular weight excluding hydrogens is 334 g/mol. The Morgan fingerprint density at radius 3 is 2.57 bits per heavy atom. The van der Waals surface area contributed by atoms with Crippen molar-refractivity contribution in [1.82, 2.24) is 4.57 Å². The molecule has 0 atom stereocenters. The molecule has 2 aromatic rings. The number of rotatable bonds is 3. The predicted molar refractivity (Wildman–Crippen MR) is 86.4 cm³/mol. The van der Waals surface area contributed by atoms with Gasteiger partial charge in [0.1, 0.15) is 0 Å². The number of halogens is 1. The molecule has 1 aromatic carbocycles. The molecule has 112 valence electrons. The summed E-state index contributed by atoms with van der Waals surface area (Å²) in [6, 6.07) is 9.41. The van der Waals surface area contributed by atoms with Crippen LogP contribution in [0.1, 0.15) is 26.3 Å². The van der Waals surface area contributed by atoms with Crippen LogP contribution in [-0.2, 0) is 21.6 Å². The maximum Gasteiger partial charge on any atom is 0.312 e. The summed E-state index contributed by atoms with van der Waals surface area (Å²) < 4.78 is 6.79. The number of esters is 1. The van der Waals surface area contributed by atoms with E-state index in [4.69, 9.17) is 4.74 Å². The lowest BCUT2D eigenvalue weighted by atomic mass is 9.98. The topological polar surface area (TPSA) is 48.3 Å². The molecule has 0 aliphatic heterocycles. The highest BCUT2D eigenvalue weighted by Crippen LogP contribution is 2.18. The lowest BCUT2D eigenvalue weighted by Gasteiger charge is -2.18. The number of fused-ring (bicyclic) bond motifs is 1. The summed E-state index contributed by atoms with van der Waals surface area (Å²) in [5.41, 5.74) is 0.661. The quantitative estimate of drug-likeness (QED) is 0.628. The average molecular weight is 352 g/mol. The monoisotopic (exact) mass is 351 g/mol. The number of hydrogen-bond acceptors (Lipinski definition) is 3. The largest absolute Gasteiger partial charge is 0.443 e. The Labute approximate surface area is 131 Å². The minimum Gasteiger partial charge on any atom is -0.443 e. The van der Waals surface area contributed by atoms with E-state index in [1.54, 1.807) is 20.8 Å². The number of pyridine rings is 1. The predicted octanol–water partition coefficient (Wildman–Crippen LogP) is 3.44. The van der Waals surface area contributed by atoms with Crippen LogP contribution in [0.15, 0.2) is 35.1 Å². The molecule has 0 amide bonds. The van der Waals surface area contributed by atoms with E-state index in [1.165, 1.54) is 4.57 Å². The summed E-state index contributed by atoms with van der Waals surface area (Å²) in [5.74, 6) is -0.331. The smallest absolute Gasteiger partial charge is 0.312 e. The van der Waals surface area contributed by atoms with E-state index >= 15 is 0 Å². The van der Waals surface area contributed by atoms with Crippen molar-refractivity contribution in [2.45, 2.75) is 32.8 Å². The SMILES string of the molecule is CC(C)(C)C(=O)OCn1c(=O)c(CBr)cc2ccccc21. The first-order valence-electron chi connectivity index (χ1n) is 6.69. The van der Waals surface area contributed by atoms with Crippen molar-refractivity contribution in [2.75, 3.05) is 0 Å². The highest BCUT2D eigenvalue weighted by atomic mass is 79.9. The lowest BCUT2D eigenvalue weighted by molar-refractivity contribution is -0.156. The number of benzene rings is 1. The number of aromatic nitrogens is 1. The zero-order valence-corrected chi connectivity index (χ0v) is 13.9. The van der Waals surface area contributed by atoms with Crippen molar-refractivity contribution in [2.24, 2.45) is 5.41 Å². The molecule has 0 saturated carbocycles. The van der Waals surface area contributed by atoms with Gasteiger partial charge in [-0.1, -0.05) is 34.1 Å². The number of nitrogens with zero attached hydrogens (tertiary/aromatic N) is 1.